The molecule has 0 aromatic rings. The summed E-state index contributed by atoms with van der Waals surface area (Å²) in [7, 11) is 11.0. The molecular weight excluding hydrogens is 90.9 g/mol. The summed E-state index contributed by atoms with van der Waals surface area (Å²) in [6.07, 6.45) is 0. The summed E-state index contributed by atoms with van der Waals surface area (Å²) >= 11 is 0. The maximum atomic E-state index is 5.05. The molecule has 0 unspecified atom stereocenters. The predicted octanol–water partition coefficient (Wildman–Crippen LogP) is -2.29. The first-order chi connectivity index (χ1) is 3.91. The topological polar surface area (TPSA) is 26.0 Å². The molecule has 0 spiro atoms. The largest absolute Gasteiger partial charge is 0.382 e. The summed E-state index contributed by atoms with van der Waals surface area (Å²) in [5.74, 6) is 0. The van der Waals surface area contributed by atoms with Crippen molar-refractivity contribution in [1.29, 1.82) is 0 Å². The van der Waals surface area contributed by atoms with Gasteiger partial charge in [-0.15, -0.1) is 6.82 Å². The third kappa shape index (κ3) is 6.35. The van der Waals surface area contributed by atoms with E-state index in [1.165, 1.54) is 7.31 Å². The van der Waals surface area contributed by atoms with Crippen LogP contribution in [0.25, 0.3) is 0 Å². The molecule has 0 bridgehead atoms. The van der Waals surface area contributed by atoms with Gasteiger partial charge < -0.3 is 5.64 Å². The van der Waals surface area contributed by atoms with Crippen molar-refractivity contribution in [3.8, 4) is 0 Å². The van der Waals surface area contributed by atoms with Gasteiger partial charge in [0.2, 0.25) is 0 Å². The van der Waals surface area contributed by atoms with Gasteiger partial charge in [0.25, 0.3) is 0 Å². The van der Waals surface area contributed by atoms with Gasteiger partial charge in [-0.1, -0.05) is 0 Å². The summed E-state index contributed by atoms with van der Waals surface area (Å²) < 4.78 is 0. The number of hydrogen-bond donors (Lipinski definition) is 1. The van der Waals surface area contributed by atoms with E-state index < -0.39 is 0 Å². The molecule has 0 rings (SSSR count). The van der Waals surface area contributed by atoms with Crippen LogP contribution < -0.4 is 5.64 Å². The van der Waals surface area contributed by atoms with Crippen molar-refractivity contribution in [2.24, 2.45) is 5.64 Å². The van der Waals surface area contributed by atoms with E-state index >= 15 is 0 Å². The zero-order valence-electron chi connectivity index (χ0n) is 5.04. The van der Waals surface area contributed by atoms with Crippen molar-refractivity contribution < 1.29 is 0 Å². The Morgan fingerprint density at radius 3 is 2.12 bits per heavy atom. The second kappa shape index (κ2) is 7.35. The van der Waals surface area contributed by atoms with Crippen LogP contribution in [0.3, 0.4) is 0 Å². The van der Waals surface area contributed by atoms with Crippen molar-refractivity contribution in [2.45, 2.75) is 6.82 Å². The summed E-state index contributed by atoms with van der Waals surface area (Å²) in [5, 5.41) is 0. The minimum absolute atomic E-state index is 1.50. The minimum atomic E-state index is 1.50. The zero-order chi connectivity index (χ0) is 6.24. The molecular formula is CH5B6N. The Balaban J connectivity index is 2.53. The van der Waals surface area contributed by atoms with Gasteiger partial charge in [-0.25, -0.2) is 0 Å². The normalized spacial score (nSPS) is 6.75. The number of hydrogen-bond acceptors (Lipinski definition) is 1. The quantitative estimate of drug-likeness (QED) is 0.302. The second-order valence-corrected chi connectivity index (χ2v) is 1.30. The Bertz CT molecular complexity index is 33.5. The van der Waals surface area contributed by atoms with Crippen molar-refractivity contribution in [3.05, 3.63) is 0 Å². The van der Waals surface area contributed by atoms with Gasteiger partial charge in [0.1, 0.15) is 7.31 Å². The summed E-state index contributed by atoms with van der Waals surface area (Å²) in [6.45, 7) is 1.97. The summed E-state index contributed by atoms with van der Waals surface area (Å²) in [6, 6.07) is 0. The molecule has 0 aromatic heterocycles. The molecule has 1 nitrogen and oxygen atoms in total. The smallest absolute Gasteiger partial charge is 0.140 e. The van der Waals surface area contributed by atoms with E-state index in [9.17, 15) is 0 Å². The third-order valence-corrected chi connectivity index (χ3v) is 0.637. The van der Waals surface area contributed by atoms with Crippen LogP contribution in [0.4, 0.5) is 0 Å². The molecule has 0 fully saturated rings. The van der Waals surface area contributed by atoms with E-state index in [-0.39, 0.29) is 0 Å². The van der Waals surface area contributed by atoms with Crippen LogP contribution in [0.5, 0.6) is 0 Å². The van der Waals surface area contributed by atoms with Crippen molar-refractivity contribution >= 4 is 42.7 Å². The van der Waals surface area contributed by atoms with Crippen LogP contribution in [0.1, 0.15) is 0 Å². The van der Waals surface area contributed by atoms with Crippen molar-refractivity contribution in [2.75, 3.05) is 0 Å². The molecule has 0 atom stereocenters. The molecule has 0 aliphatic carbocycles. The van der Waals surface area contributed by atoms with E-state index in [0.29, 0.717) is 0 Å². The third-order valence-electron chi connectivity index (χ3n) is 0.637. The summed E-state index contributed by atoms with van der Waals surface area (Å²) in [4.78, 5) is 0. The molecule has 7 heteroatoms. The second-order valence-electron chi connectivity index (χ2n) is 1.30. The van der Waals surface area contributed by atoms with E-state index in [4.69, 9.17) is 5.64 Å². The molecule has 0 saturated carbocycles. The molecule has 6 radical (unpaired) electrons. The first kappa shape index (κ1) is 8.35. The molecule has 0 saturated heterocycles. The SMILES string of the molecule is C[B][B][B][B][B][B]N. The Morgan fingerprint density at radius 1 is 1.00 bits per heavy atom. The fraction of sp³-hybridized carbons (Fsp3) is 1.00. The maximum Gasteiger partial charge on any atom is 0.140 e. The van der Waals surface area contributed by atoms with Gasteiger partial charge in [0.15, 0.2) is 0 Å². The van der Waals surface area contributed by atoms with Crippen molar-refractivity contribution in [1.82, 2.24) is 0 Å². The zero-order valence-corrected chi connectivity index (χ0v) is 5.04. The first-order valence-electron chi connectivity index (χ1n) is 2.58. The molecule has 8 heavy (non-hydrogen) atoms. The van der Waals surface area contributed by atoms with Crippen LogP contribution in [-0.4, -0.2) is 42.7 Å². The highest BCUT2D eigenvalue weighted by atomic mass is 14.3. The fourth-order valence-electron chi connectivity index (χ4n) is 0.304. The Kier molecular flexibility index (Phi) is 7.67. The molecule has 0 aliphatic rings. The van der Waals surface area contributed by atoms with E-state index in [1.54, 1.807) is 7.06 Å². The maximum absolute atomic E-state index is 5.05. The fourth-order valence-corrected chi connectivity index (χ4v) is 0.304. The van der Waals surface area contributed by atoms with E-state index in [0.717, 1.165) is 0 Å². The number of rotatable bonds is 5. The van der Waals surface area contributed by atoms with Gasteiger partial charge in [-0.3, -0.25) is 0 Å². The van der Waals surface area contributed by atoms with Gasteiger partial charge in [-0.05, 0) is 0 Å². The Labute approximate surface area is 55.9 Å². The van der Waals surface area contributed by atoms with Crippen LogP contribution in [0.15, 0.2) is 0 Å². The predicted molar refractivity (Wildman–Crippen MR) is 44.6 cm³/mol. The lowest BCUT2D eigenvalue weighted by Gasteiger charge is -1.87. The molecule has 2 N–H and O–H groups in total. The van der Waals surface area contributed by atoms with Gasteiger partial charge in [-0.2, -0.15) is 0 Å². The standard InChI is InChI=1S/CH5B6N/c1-2-3-4-5-6-7-8/h8H2,1H3. The van der Waals surface area contributed by atoms with Gasteiger partial charge >= 0.3 is 0 Å². The molecule has 0 amide bonds. The van der Waals surface area contributed by atoms with Crippen molar-refractivity contribution in [3.63, 3.8) is 0 Å². The van der Waals surface area contributed by atoms with Crippen LogP contribution in [0, 0.1) is 0 Å². The van der Waals surface area contributed by atoms with E-state index in [1.807, 2.05) is 35.2 Å². The lowest BCUT2D eigenvalue weighted by Crippen LogP contribution is -2.28. The average Bonchev–Trinajstić information content (AvgIpc) is 1.81. The van der Waals surface area contributed by atoms with Crippen LogP contribution in [-0.2, 0) is 0 Å². The molecule has 32 valence electrons. The van der Waals surface area contributed by atoms with E-state index in [2.05, 4.69) is 0 Å². The first-order valence-corrected chi connectivity index (χ1v) is 2.58. The highest BCUT2D eigenvalue weighted by Crippen LogP contribution is 1.52. The highest BCUT2D eigenvalue weighted by molar-refractivity contribution is 7.58. The molecule has 0 heterocycles. The molecule has 0 aromatic carbocycles. The minimum Gasteiger partial charge on any atom is -0.382 e. The van der Waals surface area contributed by atoms with Crippen LogP contribution >= 0.6 is 0 Å². The monoisotopic (exact) mass is 97.1 g/mol. The summed E-state index contributed by atoms with van der Waals surface area (Å²) in [5.41, 5.74) is 5.05. The lowest BCUT2D eigenvalue weighted by molar-refractivity contribution is 1.98. The average molecular weight is 95.9 g/mol. The Hall–Kier alpha value is 0.350. The Morgan fingerprint density at radius 2 is 1.62 bits per heavy atom. The molecule has 0 aliphatic heterocycles. The highest BCUT2D eigenvalue weighted by Gasteiger charge is 1.90. The number of nitrogens with two attached hydrogens (primary N) is 1. The van der Waals surface area contributed by atoms with Gasteiger partial charge in [0, 0.05) is 28.2 Å². The lowest BCUT2D eigenvalue weighted by atomic mass is 8.98. The van der Waals surface area contributed by atoms with Crippen LogP contribution in [0.2, 0.25) is 6.82 Å². The van der Waals surface area contributed by atoms with Gasteiger partial charge in [0.05, 0.1) is 7.17 Å².